The fourth-order valence-electron chi connectivity index (χ4n) is 5.02. The average molecular weight is 448 g/mol. The van der Waals surface area contributed by atoms with Gasteiger partial charge in [-0.25, -0.2) is 9.37 Å². The number of hydrogen-bond donors (Lipinski definition) is 3. The summed E-state index contributed by atoms with van der Waals surface area (Å²) >= 11 is 0. The predicted octanol–water partition coefficient (Wildman–Crippen LogP) is 6.06. The summed E-state index contributed by atoms with van der Waals surface area (Å²) in [6, 6.07) is 11.1. The van der Waals surface area contributed by atoms with E-state index < -0.39 is 0 Å². The van der Waals surface area contributed by atoms with Crippen LogP contribution < -0.4 is 5.73 Å². The van der Waals surface area contributed by atoms with E-state index in [1.54, 1.807) is 6.07 Å². The van der Waals surface area contributed by atoms with E-state index in [0.29, 0.717) is 28.8 Å². The second-order valence-electron chi connectivity index (χ2n) is 8.69. The summed E-state index contributed by atoms with van der Waals surface area (Å²) in [4.78, 5) is 10.6. The van der Waals surface area contributed by atoms with Crippen LogP contribution in [0.25, 0.3) is 11.1 Å². The van der Waals surface area contributed by atoms with Crippen LogP contribution in [0.1, 0.15) is 74.8 Å². The van der Waals surface area contributed by atoms with Crippen LogP contribution in [0.2, 0.25) is 0 Å². The van der Waals surface area contributed by atoms with Gasteiger partial charge in [0.2, 0.25) is 0 Å². The fraction of sp³-hybridized carbons (Fsp3) is 0.407. The van der Waals surface area contributed by atoms with Crippen molar-refractivity contribution >= 4 is 11.4 Å². The molecule has 5 rings (SSSR count). The number of nitrogens with one attached hydrogen (secondary N) is 2. The number of aromatic amines is 1. The van der Waals surface area contributed by atoms with Gasteiger partial charge in [-0.3, -0.25) is 10.3 Å². The lowest BCUT2D eigenvalue weighted by Crippen LogP contribution is -2.28. The molecule has 2 aliphatic rings. The molecule has 33 heavy (non-hydrogen) atoms. The highest BCUT2D eigenvalue weighted by molar-refractivity contribution is 6.12. The molecule has 1 fully saturated rings. The second kappa shape index (κ2) is 9.87. The van der Waals surface area contributed by atoms with Gasteiger partial charge < -0.3 is 10.7 Å². The topological polar surface area (TPSA) is 81.8 Å². The number of aromatic nitrogens is 2. The summed E-state index contributed by atoms with van der Waals surface area (Å²) in [5.41, 5.74) is 12.7. The minimum absolute atomic E-state index is 0.265. The number of imidazole rings is 1. The molecule has 3 aromatic rings. The van der Waals surface area contributed by atoms with Gasteiger partial charge in [0.1, 0.15) is 11.5 Å². The van der Waals surface area contributed by atoms with Crippen molar-refractivity contribution in [2.75, 3.05) is 5.73 Å². The maximum atomic E-state index is 13.8. The van der Waals surface area contributed by atoms with E-state index in [9.17, 15) is 4.39 Å². The van der Waals surface area contributed by atoms with Crippen LogP contribution in [0.5, 0.6) is 0 Å². The third kappa shape index (κ3) is 4.58. The maximum absolute atomic E-state index is 13.8. The van der Waals surface area contributed by atoms with Crippen molar-refractivity contribution in [1.82, 2.24) is 14.9 Å². The summed E-state index contributed by atoms with van der Waals surface area (Å²) < 4.78 is 13.8. The maximum Gasteiger partial charge on any atom is 0.156 e. The minimum atomic E-state index is -0.265. The Hall–Kier alpha value is -2.99. The van der Waals surface area contributed by atoms with E-state index in [1.807, 2.05) is 45.0 Å². The van der Waals surface area contributed by atoms with Gasteiger partial charge in [0, 0.05) is 30.4 Å². The molecule has 1 aromatic heterocycles. The van der Waals surface area contributed by atoms with Gasteiger partial charge in [0.05, 0.1) is 11.4 Å². The Bertz CT molecular complexity index is 1120. The number of hydrogen-bond acceptors (Lipinski definition) is 4. The summed E-state index contributed by atoms with van der Waals surface area (Å²) in [7, 11) is 0. The highest BCUT2D eigenvalue weighted by atomic mass is 19.1. The van der Waals surface area contributed by atoms with Crippen molar-refractivity contribution in [2.24, 2.45) is 0 Å². The molecule has 174 valence electrons. The Balaban J connectivity index is 0.00000126. The van der Waals surface area contributed by atoms with Gasteiger partial charge in [-0.2, -0.15) is 0 Å². The van der Waals surface area contributed by atoms with E-state index in [2.05, 4.69) is 9.88 Å². The van der Waals surface area contributed by atoms with Crippen molar-refractivity contribution < 1.29 is 4.39 Å². The van der Waals surface area contributed by atoms with Gasteiger partial charge in [0.25, 0.3) is 0 Å². The van der Waals surface area contributed by atoms with Crippen LogP contribution in [-0.2, 0) is 19.5 Å². The lowest BCUT2D eigenvalue weighted by atomic mass is 9.95. The number of rotatable bonds is 5. The second-order valence-corrected chi connectivity index (χ2v) is 8.69. The molecule has 1 saturated carbocycles. The van der Waals surface area contributed by atoms with Crippen LogP contribution in [-0.4, -0.2) is 26.6 Å². The SMILES string of the molecule is CC.CCc1ccc(F)cc1-c1ccc(C(=N)c2nc3c([nH]2)CN(C2CCCC2)C3)c(N)c1. The number of halogens is 1. The van der Waals surface area contributed by atoms with E-state index >= 15 is 0 Å². The molecule has 2 heterocycles. The predicted molar refractivity (Wildman–Crippen MR) is 133 cm³/mol. The largest absolute Gasteiger partial charge is 0.398 e. The molecule has 2 aromatic carbocycles. The first kappa shape index (κ1) is 23.2. The highest BCUT2D eigenvalue weighted by Gasteiger charge is 2.31. The summed E-state index contributed by atoms with van der Waals surface area (Å²) in [6.45, 7) is 7.79. The molecule has 0 saturated heterocycles. The first-order valence-corrected chi connectivity index (χ1v) is 12.1. The fourth-order valence-corrected chi connectivity index (χ4v) is 5.02. The van der Waals surface area contributed by atoms with Gasteiger partial charge in [0.15, 0.2) is 5.82 Å². The number of nitrogens with zero attached hydrogens (tertiary/aromatic N) is 2. The quantitative estimate of drug-likeness (QED) is 0.328. The van der Waals surface area contributed by atoms with E-state index in [4.69, 9.17) is 16.1 Å². The zero-order valence-electron chi connectivity index (χ0n) is 19.8. The highest BCUT2D eigenvalue weighted by Crippen LogP contribution is 2.32. The Morgan fingerprint density at radius 2 is 1.91 bits per heavy atom. The van der Waals surface area contributed by atoms with Crippen LogP contribution in [0.15, 0.2) is 36.4 Å². The number of aryl methyl sites for hydroxylation is 1. The number of fused-ring (bicyclic) bond motifs is 1. The average Bonchev–Trinajstić information content (AvgIpc) is 3.56. The minimum Gasteiger partial charge on any atom is -0.398 e. The number of anilines is 1. The Labute approximate surface area is 195 Å². The van der Waals surface area contributed by atoms with Crippen LogP contribution >= 0.6 is 0 Å². The molecule has 1 aliphatic heterocycles. The third-order valence-electron chi connectivity index (χ3n) is 6.74. The third-order valence-corrected chi connectivity index (χ3v) is 6.74. The molecule has 1 aliphatic carbocycles. The number of benzene rings is 2. The molecule has 4 N–H and O–H groups in total. The van der Waals surface area contributed by atoms with E-state index in [1.165, 1.54) is 31.7 Å². The van der Waals surface area contributed by atoms with Gasteiger partial charge in [-0.15, -0.1) is 0 Å². The molecule has 0 radical (unpaired) electrons. The zero-order chi connectivity index (χ0) is 23.5. The Morgan fingerprint density at radius 3 is 2.58 bits per heavy atom. The van der Waals surface area contributed by atoms with E-state index in [0.717, 1.165) is 47.6 Å². The molecule has 6 heteroatoms. The summed E-state index contributed by atoms with van der Waals surface area (Å²) in [5.74, 6) is 0.301. The van der Waals surface area contributed by atoms with Crippen molar-refractivity contribution in [3.8, 4) is 11.1 Å². The lowest BCUT2D eigenvalue weighted by molar-refractivity contribution is 0.199. The van der Waals surface area contributed by atoms with Crippen molar-refractivity contribution in [3.05, 3.63) is 70.6 Å². The van der Waals surface area contributed by atoms with Gasteiger partial charge in [-0.1, -0.05) is 51.8 Å². The zero-order valence-corrected chi connectivity index (χ0v) is 19.8. The molecule has 0 unspecified atom stereocenters. The molecule has 0 amide bonds. The monoisotopic (exact) mass is 447 g/mol. The smallest absolute Gasteiger partial charge is 0.156 e. The first-order chi connectivity index (χ1) is 16.0. The Morgan fingerprint density at radius 1 is 1.15 bits per heavy atom. The first-order valence-electron chi connectivity index (χ1n) is 12.1. The Kier molecular flexibility index (Phi) is 6.94. The molecule has 0 spiro atoms. The molecular formula is C27H34FN5. The summed E-state index contributed by atoms with van der Waals surface area (Å²) in [5, 5.41) is 8.68. The number of nitrogens with two attached hydrogens (primary N) is 1. The molecule has 0 bridgehead atoms. The van der Waals surface area contributed by atoms with Crippen molar-refractivity contribution in [3.63, 3.8) is 0 Å². The summed E-state index contributed by atoms with van der Waals surface area (Å²) in [6.07, 6.45) is 6.01. The number of nitrogen functional groups attached to an aromatic ring is 1. The standard InChI is InChI=1S/C25H28FN5.C2H6/c1-2-15-7-9-17(26)12-20(15)16-8-10-19(21(27)11-16)24(28)25-29-22-13-31(14-23(22)30-25)18-5-3-4-6-18;1-2/h7-12,18,28H,2-6,13-14,27H2,1H3,(H,29,30);1-2H3. The van der Waals surface area contributed by atoms with Gasteiger partial charge >= 0.3 is 0 Å². The molecule has 5 nitrogen and oxygen atoms in total. The van der Waals surface area contributed by atoms with Crippen molar-refractivity contribution in [2.45, 2.75) is 72.0 Å². The van der Waals surface area contributed by atoms with Crippen molar-refractivity contribution in [1.29, 1.82) is 5.41 Å². The van der Waals surface area contributed by atoms with Crippen LogP contribution in [0, 0.1) is 11.2 Å². The van der Waals surface area contributed by atoms with Gasteiger partial charge in [-0.05, 0) is 54.2 Å². The molecular weight excluding hydrogens is 413 g/mol. The van der Waals surface area contributed by atoms with Crippen LogP contribution in [0.3, 0.4) is 0 Å². The van der Waals surface area contributed by atoms with Crippen LogP contribution in [0.4, 0.5) is 10.1 Å². The van der Waals surface area contributed by atoms with E-state index in [-0.39, 0.29) is 5.82 Å². The molecule has 0 atom stereocenters. The normalized spacial score (nSPS) is 15.9. The lowest BCUT2D eigenvalue weighted by Gasteiger charge is -2.22. The number of H-pyrrole nitrogens is 1.